The fourth-order valence-electron chi connectivity index (χ4n) is 3.18. The second kappa shape index (κ2) is 7.14. The lowest BCUT2D eigenvalue weighted by molar-refractivity contribution is 0.184. The molecule has 0 unspecified atom stereocenters. The summed E-state index contributed by atoms with van der Waals surface area (Å²) >= 11 is 0. The summed E-state index contributed by atoms with van der Waals surface area (Å²) in [6, 6.07) is 10.7. The van der Waals surface area contributed by atoms with Gasteiger partial charge >= 0.3 is 0 Å². The average Bonchev–Trinajstić information content (AvgIpc) is 2.87. The summed E-state index contributed by atoms with van der Waals surface area (Å²) in [5, 5.41) is 20.0. The summed E-state index contributed by atoms with van der Waals surface area (Å²) in [6.07, 6.45) is -0.613. The highest BCUT2D eigenvalue weighted by Crippen LogP contribution is 2.32. The largest absolute Gasteiger partial charge is 0.508 e. The molecule has 2 aromatic carbocycles. The normalized spacial score (nSPS) is 21.9. The van der Waals surface area contributed by atoms with Gasteiger partial charge in [-0.1, -0.05) is 25.1 Å². The number of aryl methyl sites for hydroxylation is 1. The first-order valence-electron chi connectivity index (χ1n) is 8.45. The van der Waals surface area contributed by atoms with E-state index in [1.54, 1.807) is 12.1 Å². The maximum Gasteiger partial charge on any atom is 0.264 e. The van der Waals surface area contributed by atoms with Crippen LogP contribution in [0.1, 0.15) is 12.5 Å². The van der Waals surface area contributed by atoms with Crippen molar-refractivity contribution >= 4 is 25.5 Å². The smallest absolute Gasteiger partial charge is 0.264 e. The van der Waals surface area contributed by atoms with Gasteiger partial charge in [-0.15, -0.1) is 0 Å². The van der Waals surface area contributed by atoms with Gasteiger partial charge in [0.1, 0.15) is 5.75 Å². The second-order valence-corrected chi connectivity index (χ2v) is 10.5. The highest BCUT2D eigenvalue weighted by Gasteiger charge is 2.45. The van der Waals surface area contributed by atoms with E-state index in [-0.39, 0.29) is 16.3 Å². The molecule has 7 nitrogen and oxygen atoms in total. The van der Waals surface area contributed by atoms with E-state index < -0.39 is 43.5 Å². The van der Waals surface area contributed by atoms with Crippen LogP contribution in [-0.4, -0.2) is 50.7 Å². The third-order valence-corrected chi connectivity index (χ3v) is 8.13. The molecule has 2 atom stereocenters. The van der Waals surface area contributed by atoms with Crippen molar-refractivity contribution in [3.05, 3.63) is 54.1 Å². The third kappa shape index (κ3) is 3.95. The number of nitrogens with zero attached hydrogens (tertiary/aromatic N) is 1. The SMILES string of the molecule is CCc1ccc(S(=O)(=O)N(c2cccc(O)c2)[C@@H]2CS(=O)(=O)C[C@@H]2O)cc1. The van der Waals surface area contributed by atoms with E-state index in [1.165, 1.54) is 36.4 Å². The van der Waals surface area contributed by atoms with Crippen molar-refractivity contribution in [3.8, 4) is 5.75 Å². The van der Waals surface area contributed by atoms with Gasteiger partial charge in [-0.25, -0.2) is 16.8 Å². The summed E-state index contributed by atoms with van der Waals surface area (Å²) in [5.41, 5.74) is 1.05. The molecule has 1 aliphatic rings. The topological polar surface area (TPSA) is 112 Å². The van der Waals surface area contributed by atoms with E-state index in [0.29, 0.717) is 0 Å². The van der Waals surface area contributed by atoms with Crippen molar-refractivity contribution in [3.63, 3.8) is 0 Å². The Hall–Kier alpha value is -2.10. The number of sulfonamides is 1. The van der Waals surface area contributed by atoms with Crippen LogP contribution >= 0.6 is 0 Å². The lowest BCUT2D eigenvalue weighted by atomic mass is 10.2. The van der Waals surface area contributed by atoms with E-state index >= 15 is 0 Å². The van der Waals surface area contributed by atoms with Crippen LogP contribution in [0.25, 0.3) is 0 Å². The molecule has 0 spiro atoms. The number of benzene rings is 2. The number of anilines is 1. The zero-order valence-corrected chi connectivity index (χ0v) is 16.3. The van der Waals surface area contributed by atoms with Crippen LogP contribution in [0.5, 0.6) is 5.75 Å². The lowest BCUT2D eigenvalue weighted by Gasteiger charge is -2.31. The van der Waals surface area contributed by atoms with E-state index in [2.05, 4.69) is 0 Å². The van der Waals surface area contributed by atoms with Gasteiger partial charge in [0.15, 0.2) is 9.84 Å². The van der Waals surface area contributed by atoms with E-state index in [0.717, 1.165) is 16.3 Å². The minimum atomic E-state index is -4.16. The summed E-state index contributed by atoms with van der Waals surface area (Å²) in [5.74, 6) is -1.16. The second-order valence-electron chi connectivity index (χ2n) is 6.53. The third-order valence-electron chi connectivity index (χ3n) is 4.57. The van der Waals surface area contributed by atoms with Crippen molar-refractivity contribution in [1.29, 1.82) is 0 Å². The first-order valence-corrected chi connectivity index (χ1v) is 11.7. The molecule has 1 fully saturated rings. The van der Waals surface area contributed by atoms with Crippen LogP contribution in [0.3, 0.4) is 0 Å². The Balaban J connectivity index is 2.14. The van der Waals surface area contributed by atoms with Crippen LogP contribution in [0.4, 0.5) is 5.69 Å². The molecule has 0 bridgehead atoms. The van der Waals surface area contributed by atoms with E-state index in [1.807, 2.05) is 6.92 Å². The highest BCUT2D eigenvalue weighted by molar-refractivity contribution is 7.93. The van der Waals surface area contributed by atoms with Gasteiger partial charge in [-0.05, 0) is 36.2 Å². The lowest BCUT2D eigenvalue weighted by Crippen LogP contribution is -2.47. The van der Waals surface area contributed by atoms with Crippen molar-refractivity contribution < 1.29 is 27.0 Å². The summed E-state index contributed by atoms with van der Waals surface area (Å²) in [4.78, 5) is -0.0143. The van der Waals surface area contributed by atoms with Gasteiger partial charge in [-0.2, -0.15) is 0 Å². The predicted molar refractivity (Wildman–Crippen MR) is 102 cm³/mol. The zero-order valence-electron chi connectivity index (χ0n) is 14.7. The van der Waals surface area contributed by atoms with Crippen LogP contribution in [-0.2, 0) is 26.3 Å². The molecule has 2 aromatic rings. The van der Waals surface area contributed by atoms with Crippen LogP contribution < -0.4 is 4.31 Å². The average molecular weight is 412 g/mol. The van der Waals surface area contributed by atoms with Gasteiger partial charge in [-0.3, -0.25) is 4.31 Å². The molecule has 9 heteroatoms. The molecular formula is C18H21NO6S2. The molecule has 146 valence electrons. The number of aromatic hydroxyl groups is 1. The first-order chi connectivity index (χ1) is 12.6. The Morgan fingerprint density at radius 2 is 1.78 bits per heavy atom. The molecule has 0 amide bonds. The number of phenolic OH excluding ortho intramolecular Hbond substituents is 1. The highest BCUT2D eigenvalue weighted by atomic mass is 32.2. The quantitative estimate of drug-likeness (QED) is 0.767. The van der Waals surface area contributed by atoms with Gasteiger partial charge < -0.3 is 10.2 Å². The fourth-order valence-corrected chi connectivity index (χ4v) is 6.72. The van der Waals surface area contributed by atoms with Crippen LogP contribution in [0.15, 0.2) is 53.4 Å². The van der Waals surface area contributed by atoms with Crippen molar-refractivity contribution in [2.75, 3.05) is 15.8 Å². The monoisotopic (exact) mass is 411 g/mol. The Morgan fingerprint density at radius 3 is 2.30 bits per heavy atom. The first kappa shape index (κ1) is 19.7. The standard InChI is InChI=1S/C18H21NO6S2/c1-2-13-6-8-16(9-7-13)27(24,25)19(14-4-3-5-15(20)10-14)17-11-26(22,23)12-18(17)21/h3-10,17-18,20-21H,2,11-12H2,1H3/t17-,18+/m1/s1. The Kier molecular flexibility index (Phi) is 5.20. The number of sulfone groups is 1. The maximum atomic E-state index is 13.3. The molecule has 0 radical (unpaired) electrons. The number of aliphatic hydroxyl groups is 1. The van der Waals surface area contributed by atoms with Gasteiger partial charge in [0.05, 0.1) is 34.2 Å². The Morgan fingerprint density at radius 1 is 1.11 bits per heavy atom. The number of rotatable bonds is 5. The molecule has 3 rings (SSSR count). The van der Waals surface area contributed by atoms with E-state index in [9.17, 15) is 27.0 Å². The maximum absolute atomic E-state index is 13.3. The number of phenols is 1. The molecule has 1 heterocycles. The number of aliphatic hydroxyl groups excluding tert-OH is 1. The minimum absolute atomic E-state index is 0.0143. The molecule has 27 heavy (non-hydrogen) atoms. The summed E-state index contributed by atoms with van der Waals surface area (Å²) < 4.78 is 51.5. The predicted octanol–water partition coefficient (Wildman–Crippen LogP) is 1.31. The van der Waals surface area contributed by atoms with Crippen molar-refractivity contribution in [2.24, 2.45) is 0 Å². The van der Waals surface area contributed by atoms with Gasteiger partial charge in [0.25, 0.3) is 10.0 Å². The molecule has 0 aromatic heterocycles. The van der Waals surface area contributed by atoms with Crippen molar-refractivity contribution in [2.45, 2.75) is 30.4 Å². The minimum Gasteiger partial charge on any atom is -0.508 e. The molecule has 0 aliphatic carbocycles. The summed E-state index contributed by atoms with van der Waals surface area (Å²) in [6.45, 7) is 1.95. The zero-order chi connectivity index (χ0) is 19.8. The van der Waals surface area contributed by atoms with Gasteiger partial charge in [0.2, 0.25) is 0 Å². The van der Waals surface area contributed by atoms with Gasteiger partial charge in [0, 0.05) is 6.07 Å². The Bertz CT molecular complexity index is 1030. The summed E-state index contributed by atoms with van der Waals surface area (Å²) in [7, 11) is -7.74. The van der Waals surface area contributed by atoms with Crippen LogP contribution in [0.2, 0.25) is 0 Å². The molecule has 0 saturated carbocycles. The molecule has 2 N–H and O–H groups in total. The number of hydrogen-bond donors (Lipinski definition) is 2. The molecule has 1 saturated heterocycles. The fraction of sp³-hybridized carbons (Fsp3) is 0.333. The van der Waals surface area contributed by atoms with E-state index in [4.69, 9.17) is 0 Å². The van der Waals surface area contributed by atoms with Crippen molar-refractivity contribution in [1.82, 2.24) is 0 Å². The van der Waals surface area contributed by atoms with Crippen LogP contribution in [0, 0.1) is 0 Å². The molecular weight excluding hydrogens is 390 g/mol. The Labute approximate surface area is 158 Å². The molecule has 1 aliphatic heterocycles. The number of hydrogen-bond acceptors (Lipinski definition) is 6.